The average Bonchev–Trinajstić information content (AvgIpc) is 2.32. The van der Waals surface area contributed by atoms with Crippen molar-refractivity contribution in [2.75, 3.05) is 39.5 Å². The van der Waals surface area contributed by atoms with Crippen LogP contribution in [0.15, 0.2) is 18.5 Å². The maximum Gasteiger partial charge on any atom is 0.0992 e. The van der Waals surface area contributed by atoms with E-state index in [2.05, 4.69) is 21.8 Å². The van der Waals surface area contributed by atoms with E-state index in [-0.39, 0.29) is 6.04 Å². The van der Waals surface area contributed by atoms with Gasteiger partial charge in [0.15, 0.2) is 0 Å². The highest BCUT2D eigenvalue weighted by molar-refractivity contribution is 5.46. The summed E-state index contributed by atoms with van der Waals surface area (Å²) < 4.78 is 0. The Labute approximate surface area is 102 Å². The lowest BCUT2D eigenvalue weighted by molar-refractivity contribution is 0.0140. The molecule has 17 heavy (non-hydrogen) atoms. The maximum atomic E-state index is 10.4. The largest absolute Gasteiger partial charge is 0.398 e. The zero-order chi connectivity index (χ0) is 12.4. The summed E-state index contributed by atoms with van der Waals surface area (Å²) in [5, 5.41) is 10.4. The van der Waals surface area contributed by atoms with Crippen molar-refractivity contribution in [3.63, 3.8) is 0 Å². The van der Waals surface area contributed by atoms with Gasteiger partial charge >= 0.3 is 0 Å². The first-order chi connectivity index (χ1) is 8.09. The first-order valence-corrected chi connectivity index (χ1v) is 5.86. The summed E-state index contributed by atoms with van der Waals surface area (Å²) in [6, 6.07) is 1.80. The van der Waals surface area contributed by atoms with Crippen molar-refractivity contribution < 1.29 is 5.11 Å². The van der Waals surface area contributed by atoms with Gasteiger partial charge in [-0.2, -0.15) is 0 Å². The quantitative estimate of drug-likeness (QED) is 0.753. The van der Waals surface area contributed by atoms with Crippen LogP contribution in [0, 0.1) is 0 Å². The monoisotopic (exact) mass is 236 g/mol. The van der Waals surface area contributed by atoms with E-state index in [9.17, 15) is 5.11 Å². The van der Waals surface area contributed by atoms with Crippen LogP contribution in [-0.2, 0) is 0 Å². The molecule has 1 saturated heterocycles. The summed E-state index contributed by atoms with van der Waals surface area (Å²) in [4.78, 5) is 8.43. The number of piperazine rings is 1. The molecule has 5 nitrogen and oxygen atoms in total. The van der Waals surface area contributed by atoms with Gasteiger partial charge < -0.3 is 15.7 Å². The molecule has 3 N–H and O–H groups in total. The van der Waals surface area contributed by atoms with E-state index in [0.717, 1.165) is 25.2 Å². The molecule has 0 amide bonds. The van der Waals surface area contributed by atoms with Crippen LogP contribution in [0.25, 0.3) is 0 Å². The van der Waals surface area contributed by atoms with Crippen molar-refractivity contribution in [3.8, 4) is 0 Å². The predicted molar refractivity (Wildman–Crippen MR) is 67.5 cm³/mol. The number of anilines is 1. The lowest BCUT2D eigenvalue weighted by Crippen LogP contribution is -2.52. The maximum absolute atomic E-state index is 10.4. The number of aliphatic hydroxyl groups excluding tert-OH is 1. The number of aliphatic hydroxyl groups is 1. The first-order valence-electron chi connectivity index (χ1n) is 5.86. The molecule has 0 radical (unpaired) electrons. The van der Waals surface area contributed by atoms with Crippen molar-refractivity contribution in [2.45, 2.75) is 12.1 Å². The Morgan fingerprint density at radius 1 is 1.47 bits per heavy atom. The van der Waals surface area contributed by atoms with Crippen LogP contribution in [0.5, 0.6) is 0 Å². The zero-order valence-corrected chi connectivity index (χ0v) is 10.4. The highest BCUT2D eigenvalue weighted by Gasteiger charge is 2.30. The molecule has 2 atom stereocenters. The van der Waals surface area contributed by atoms with E-state index in [4.69, 9.17) is 5.73 Å². The number of aromatic nitrogens is 1. The highest BCUT2D eigenvalue weighted by Crippen LogP contribution is 2.26. The van der Waals surface area contributed by atoms with Gasteiger partial charge in [0.05, 0.1) is 12.1 Å². The molecule has 1 fully saturated rings. The summed E-state index contributed by atoms with van der Waals surface area (Å²) in [7, 11) is 4.10. The minimum atomic E-state index is -0.587. The molecule has 0 bridgehead atoms. The predicted octanol–water partition coefficient (Wildman–Crippen LogP) is -0.0570. The molecule has 5 heteroatoms. The Hall–Kier alpha value is -1.17. The summed E-state index contributed by atoms with van der Waals surface area (Å²) in [5.41, 5.74) is 7.20. The molecule has 1 aliphatic rings. The summed E-state index contributed by atoms with van der Waals surface area (Å²) in [6.45, 7) is 2.83. The van der Waals surface area contributed by atoms with E-state index in [1.54, 1.807) is 18.5 Å². The number of nitrogen functional groups attached to an aromatic ring is 1. The third-order valence-corrected chi connectivity index (χ3v) is 3.47. The van der Waals surface area contributed by atoms with E-state index in [1.807, 2.05) is 7.05 Å². The topological polar surface area (TPSA) is 65.6 Å². The molecule has 94 valence electrons. The molecule has 2 rings (SSSR count). The smallest absolute Gasteiger partial charge is 0.0992 e. The van der Waals surface area contributed by atoms with Gasteiger partial charge in [-0.1, -0.05) is 0 Å². The van der Waals surface area contributed by atoms with Crippen LogP contribution < -0.4 is 5.73 Å². The number of hydrogen-bond acceptors (Lipinski definition) is 5. The summed E-state index contributed by atoms with van der Waals surface area (Å²) >= 11 is 0. The molecule has 2 unspecified atom stereocenters. The Bertz CT molecular complexity index is 385. The number of nitrogens with two attached hydrogens (primary N) is 1. The molecule has 2 heterocycles. The molecule has 0 spiro atoms. The van der Waals surface area contributed by atoms with E-state index >= 15 is 0 Å². The Morgan fingerprint density at radius 3 is 2.94 bits per heavy atom. The van der Waals surface area contributed by atoms with Crippen LogP contribution >= 0.6 is 0 Å². The van der Waals surface area contributed by atoms with Crippen LogP contribution in [0.1, 0.15) is 11.7 Å². The van der Waals surface area contributed by atoms with Gasteiger partial charge in [0.2, 0.25) is 0 Å². The van der Waals surface area contributed by atoms with Crippen molar-refractivity contribution in [2.24, 2.45) is 0 Å². The van der Waals surface area contributed by atoms with Gasteiger partial charge in [0.25, 0.3) is 0 Å². The van der Waals surface area contributed by atoms with Crippen LogP contribution in [0.2, 0.25) is 0 Å². The zero-order valence-electron chi connectivity index (χ0n) is 10.4. The van der Waals surface area contributed by atoms with E-state index in [0.29, 0.717) is 5.69 Å². The van der Waals surface area contributed by atoms with Crippen molar-refractivity contribution in [1.29, 1.82) is 0 Å². The molecule has 0 saturated carbocycles. The van der Waals surface area contributed by atoms with Crippen LogP contribution in [-0.4, -0.2) is 59.7 Å². The van der Waals surface area contributed by atoms with Gasteiger partial charge in [-0.25, -0.2) is 0 Å². The second kappa shape index (κ2) is 5.00. The minimum Gasteiger partial charge on any atom is -0.398 e. The van der Waals surface area contributed by atoms with Crippen molar-refractivity contribution >= 4 is 5.69 Å². The molecule has 0 aromatic carbocycles. The summed E-state index contributed by atoms with van der Waals surface area (Å²) in [5.74, 6) is 0. The fourth-order valence-corrected chi connectivity index (χ4v) is 2.26. The summed E-state index contributed by atoms with van der Waals surface area (Å²) in [6.07, 6.45) is 2.71. The molecule has 0 aliphatic carbocycles. The third-order valence-electron chi connectivity index (χ3n) is 3.47. The molecular formula is C12H20N4O. The normalized spacial score (nSPS) is 24.8. The second-order valence-corrected chi connectivity index (χ2v) is 4.76. The van der Waals surface area contributed by atoms with E-state index in [1.165, 1.54) is 0 Å². The Balaban J connectivity index is 2.18. The van der Waals surface area contributed by atoms with Gasteiger partial charge in [-0.15, -0.1) is 0 Å². The van der Waals surface area contributed by atoms with Gasteiger partial charge in [-0.3, -0.25) is 9.88 Å². The number of nitrogens with zero attached hydrogens (tertiary/aromatic N) is 3. The van der Waals surface area contributed by atoms with Crippen molar-refractivity contribution in [1.82, 2.24) is 14.8 Å². The number of hydrogen-bond donors (Lipinski definition) is 2. The molecular weight excluding hydrogens is 216 g/mol. The third kappa shape index (κ3) is 2.57. The van der Waals surface area contributed by atoms with Gasteiger partial charge in [0.1, 0.15) is 0 Å². The molecule has 1 aliphatic heterocycles. The Kier molecular flexibility index (Phi) is 3.61. The number of rotatable bonds is 2. The standard InChI is InChI=1S/C12H20N4O/c1-15-5-6-16(2)11(8-15)12(17)9-7-14-4-3-10(9)13/h3-4,7,11-12,17H,5-6,8H2,1-2H3,(H2,13,14). The number of pyridine rings is 1. The van der Waals surface area contributed by atoms with Crippen LogP contribution in [0.4, 0.5) is 5.69 Å². The fraction of sp³-hybridized carbons (Fsp3) is 0.583. The fourth-order valence-electron chi connectivity index (χ4n) is 2.26. The molecule has 1 aromatic rings. The lowest BCUT2D eigenvalue weighted by Gasteiger charge is -2.40. The van der Waals surface area contributed by atoms with Crippen LogP contribution in [0.3, 0.4) is 0 Å². The minimum absolute atomic E-state index is 0.0697. The van der Waals surface area contributed by atoms with Gasteiger partial charge in [-0.05, 0) is 20.2 Å². The highest BCUT2D eigenvalue weighted by atomic mass is 16.3. The number of likely N-dealkylation sites (N-methyl/N-ethyl adjacent to an activating group) is 2. The second-order valence-electron chi connectivity index (χ2n) is 4.76. The molecule has 1 aromatic heterocycles. The first kappa shape index (κ1) is 12.3. The average molecular weight is 236 g/mol. The Morgan fingerprint density at radius 2 is 2.24 bits per heavy atom. The van der Waals surface area contributed by atoms with E-state index < -0.39 is 6.10 Å². The SMILES string of the molecule is CN1CCN(C)C(C(O)c2cnccc2N)C1. The van der Waals surface area contributed by atoms with Gasteiger partial charge in [0, 0.05) is 43.3 Å². The lowest BCUT2D eigenvalue weighted by atomic mass is 9.99. The van der Waals surface area contributed by atoms with Crippen molar-refractivity contribution in [3.05, 3.63) is 24.0 Å².